The van der Waals surface area contributed by atoms with Crippen molar-refractivity contribution >= 4 is 34.2 Å². The van der Waals surface area contributed by atoms with Gasteiger partial charge >= 0.3 is 6.03 Å². The highest BCUT2D eigenvalue weighted by molar-refractivity contribution is 6.13. The van der Waals surface area contributed by atoms with Gasteiger partial charge in [0.15, 0.2) is 0 Å². The number of hydrogen-bond acceptors (Lipinski definition) is 4. The van der Waals surface area contributed by atoms with Crippen LogP contribution in [0.25, 0.3) is 22.2 Å². The van der Waals surface area contributed by atoms with Crippen molar-refractivity contribution in [2.75, 3.05) is 17.2 Å². The molecule has 0 saturated carbocycles. The van der Waals surface area contributed by atoms with E-state index in [0.29, 0.717) is 29.2 Å². The first-order chi connectivity index (χ1) is 15.1. The molecular formula is C24H21N5O2. The molecule has 0 aliphatic carbocycles. The van der Waals surface area contributed by atoms with Crippen molar-refractivity contribution in [2.45, 2.75) is 6.92 Å². The van der Waals surface area contributed by atoms with E-state index >= 15 is 0 Å². The molecule has 0 fully saturated rings. The number of carbonyl (C=O) groups is 2. The van der Waals surface area contributed by atoms with E-state index in [1.165, 1.54) is 0 Å². The van der Waals surface area contributed by atoms with Crippen LogP contribution in [-0.2, 0) is 0 Å². The fraction of sp³-hybridized carbons (Fsp3) is 0.0833. The monoisotopic (exact) mass is 411 g/mol. The van der Waals surface area contributed by atoms with Crippen LogP contribution in [0, 0.1) is 0 Å². The number of para-hydroxylation sites is 1. The molecule has 2 aromatic carbocycles. The molecule has 3 N–H and O–H groups in total. The zero-order chi connectivity index (χ0) is 21.6. The van der Waals surface area contributed by atoms with Gasteiger partial charge in [0.25, 0.3) is 5.91 Å². The first-order valence-corrected chi connectivity index (χ1v) is 9.90. The summed E-state index contributed by atoms with van der Waals surface area (Å²) in [5, 5.41) is 9.10. The highest BCUT2D eigenvalue weighted by Crippen LogP contribution is 2.25. The number of pyridine rings is 2. The second-order valence-corrected chi connectivity index (χ2v) is 6.83. The van der Waals surface area contributed by atoms with Crippen LogP contribution in [0.2, 0.25) is 0 Å². The fourth-order valence-electron chi connectivity index (χ4n) is 3.24. The molecule has 31 heavy (non-hydrogen) atoms. The van der Waals surface area contributed by atoms with Crippen LogP contribution in [0.15, 0.2) is 79.1 Å². The summed E-state index contributed by atoms with van der Waals surface area (Å²) >= 11 is 0. The Kier molecular flexibility index (Phi) is 5.84. The van der Waals surface area contributed by atoms with Crippen molar-refractivity contribution in [2.24, 2.45) is 0 Å². The summed E-state index contributed by atoms with van der Waals surface area (Å²) in [4.78, 5) is 33.7. The van der Waals surface area contributed by atoms with Crippen LogP contribution >= 0.6 is 0 Å². The molecule has 0 bridgehead atoms. The molecular weight excluding hydrogens is 390 g/mol. The van der Waals surface area contributed by atoms with Crippen molar-refractivity contribution in [1.82, 2.24) is 15.3 Å². The Morgan fingerprint density at radius 2 is 1.61 bits per heavy atom. The minimum absolute atomic E-state index is 0.260. The van der Waals surface area contributed by atoms with E-state index in [1.807, 2.05) is 43.3 Å². The lowest BCUT2D eigenvalue weighted by atomic mass is 10.0. The highest BCUT2D eigenvalue weighted by Gasteiger charge is 2.14. The van der Waals surface area contributed by atoms with Crippen molar-refractivity contribution in [3.8, 4) is 11.3 Å². The van der Waals surface area contributed by atoms with Gasteiger partial charge in [0.2, 0.25) is 0 Å². The Balaban J connectivity index is 1.66. The molecule has 4 aromatic rings. The summed E-state index contributed by atoms with van der Waals surface area (Å²) in [5.74, 6) is -0.260. The van der Waals surface area contributed by atoms with Crippen LogP contribution in [-0.4, -0.2) is 28.5 Å². The molecule has 2 aromatic heterocycles. The largest absolute Gasteiger partial charge is 0.338 e. The van der Waals surface area contributed by atoms with Crippen molar-refractivity contribution in [3.63, 3.8) is 0 Å². The minimum atomic E-state index is -0.298. The summed E-state index contributed by atoms with van der Waals surface area (Å²) in [6, 6.07) is 19.7. The van der Waals surface area contributed by atoms with Gasteiger partial charge in [-0.25, -0.2) is 9.78 Å². The second-order valence-electron chi connectivity index (χ2n) is 6.83. The molecule has 2 heterocycles. The van der Waals surface area contributed by atoms with Gasteiger partial charge in [-0.1, -0.05) is 24.3 Å². The Morgan fingerprint density at radius 3 is 2.39 bits per heavy atom. The van der Waals surface area contributed by atoms with E-state index in [9.17, 15) is 9.59 Å². The number of nitrogens with zero attached hydrogens (tertiary/aromatic N) is 2. The summed E-state index contributed by atoms with van der Waals surface area (Å²) in [6.45, 7) is 2.37. The van der Waals surface area contributed by atoms with E-state index in [-0.39, 0.29) is 11.9 Å². The SMILES string of the molecule is CCNC(=O)Nc1cccc(NC(=O)c2cc(-c3ccncc3)nc3ccccc23)c1. The van der Waals surface area contributed by atoms with Gasteiger partial charge in [-0.2, -0.15) is 0 Å². The fourth-order valence-corrected chi connectivity index (χ4v) is 3.24. The molecule has 0 atom stereocenters. The zero-order valence-corrected chi connectivity index (χ0v) is 16.9. The molecule has 7 heteroatoms. The van der Waals surface area contributed by atoms with Crippen LogP contribution in [0.4, 0.5) is 16.2 Å². The molecule has 0 aliphatic heterocycles. The van der Waals surface area contributed by atoms with E-state index < -0.39 is 0 Å². The molecule has 0 spiro atoms. The molecule has 154 valence electrons. The molecule has 0 saturated heterocycles. The normalized spacial score (nSPS) is 10.5. The number of hydrogen-bond donors (Lipinski definition) is 3. The maximum absolute atomic E-state index is 13.2. The van der Waals surface area contributed by atoms with Crippen molar-refractivity contribution in [1.29, 1.82) is 0 Å². The van der Waals surface area contributed by atoms with E-state index in [0.717, 1.165) is 16.5 Å². The first kappa shape index (κ1) is 20.0. The van der Waals surface area contributed by atoms with Gasteiger partial charge in [-0.05, 0) is 49.4 Å². The molecule has 4 rings (SSSR count). The van der Waals surface area contributed by atoms with Crippen LogP contribution in [0.1, 0.15) is 17.3 Å². The van der Waals surface area contributed by atoms with E-state index in [4.69, 9.17) is 4.98 Å². The van der Waals surface area contributed by atoms with Crippen molar-refractivity contribution < 1.29 is 9.59 Å². The average molecular weight is 411 g/mol. The average Bonchev–Trinajstić information content (AvgIpc) is 2.79. The molecule has 3 amide bonds. The maximum atomic E-state index is 13.2. The van der Waals surface area contributed by atoms with Gasteiger partial charge in [0, 0.05) is 41.3 Å². The number of rotatable bonds is 5. The van der Waals surface area contributed by atoms with Gasteiger partial charge in [0.1, 0.15) is 0 Å². The lowest BCUT2D eigenvalue weighted by molar-refractivity contribution is 0.102. The van der Waals surface area contributed by atoms with Crippen LogP contribution < -0.4 is 16.0 Å². The standard InChI is InChI=1S/C24H21N5O2/c1-2-26-24(31)28-18-7-5-6-17(14-18)27-23(30)20-15-22(16-10-12-25-13-11-16)29-21-9-4-3-8-19(20)21/h3-15H,2H2,1H3,(H,27,30)(H2,26,28,31). The Labute approximate surface area is 179 Å². The summed E-state index contributed by atoms with van der Waals surface area (Å²) in [6.07, 6.45) is 3.39. The number of nitrogens with one attached hydrogen (secondary N) is 3. The minimum Gasteiger partial charge on any atom is -0.338 e. The lowest BCUT2D eigenvalue weighted by Gasteiger charge is -2.12. The number of aromatic nitrogens is 2. The topological polar surface area (TPSA) is 96.0 Å². The smallest absolute Gasteiger partial charge is 0.319 e. The first-order valence-electron chi connectivity index (χ1n) is 9.90. The number of carbonyl (C=O) groups excluding carboxylic acids is 2. The highest BCUT2D eigenvalue weighted by atomic mass is 16.2. The predicted molar refractivity (Wildman–Crippen MR) is 122 cm³/mol. The van der Waals surface area contributed by atoms with Gasteiger partial charge in [-0.3, -0.25) is 9.78 Å². The summed E-state index contributed by atoms with van der Waals surface area (Å²) in [5.41, 5.74) is 3.97. The van der Waals surface area contributed by atoms with Gasteiger partial charge < -0.3 is 16.0 Å². The number of fused-ring (bicyclic) bond motifs is 1. The second kappa shape index (κ2) is 9.04. The van der Waals surface area contributed by atoms with Gasteiger partial charge in [0.05, 0.1) is 16.8 Å². The van der Waals surface area contributed by atoms with E-state index in [1.54, 1.807) is 42.7 Å². The van der Waals surface area contributed by atoms with Crippen molar-refractivity contribution in [3.05, 3.63) is 84.7 Å². The zero-order valence-electron chi connectivity index (χ0n) is 16.9. The Hall–Kier alpha value is -4.26. The van der Waals surface area contributed by atoms with Crippen LogP contribution in [0.5, 0.6) is 0 Å². The quantitative estimate of drug-likeness (QED) is 0.444. The van der Waals surface area contributed by atoms with Gasteiger partial charge in [-0.15, -0.1) is 0 Å². The molecule has 7 nitrogen and oxygen atoms in total. The Morgan fingerprint density at radius 1 is 0.871 bits per heavy atom. The molecule has 0 aliphatic rings. The number of amides is 3. The maximum Gasteiger partial charge on any atom is 0.319 e. The number of benzene rings is 2. The third-order valence-electron chi connectivity index (χ3n) is 4.65. The number of urea groups is 1. The van der Waals surface area contributed by atoms with E-state index in [2.05, 4.69) is 20.9 Å². The number of anilines is 2. The lowest BCUT2D eigenvalue weighted by Crippen LogP contribution is -2.28. The predicted octanol–water partition coefficient (Wildman–Crippen LogP) is 4.69. The Bertz CT molecular complexity index is 1240. The van der Waals surface area contributed by atoms with Crippen LogP contribution in [0.3, 0.4) is 0 Å². The third-order valence-corrected chi connectivity index (χ3v) is 4.65. The summed E-state index contributed by atoms with van der Waals surface area (Å²) < 4.78 is 0. The third kappa shape index (κ3) is 4.67. The molecule has 0 unspecified atom stereocenters. The summed E-state index contributed by atoms with van der Waals surface area (Å²) in [7, 11) is 0. The molecule has 0 radical (unpaired) electrons.